The Bertz CT molecular complexity index is 383. The van der Waals surface area contributed by atoms with Crippen LogP contribution in [0.4, 0.5) is 10.5 Å². The monoisotopic (exact) mass is 266 g/mol. The van der Waals surface area contributed by atoms with Gasteiger partial charge in [-0.15, -0.1) is 0 Å². The van der Waals surface area contributed by atoms with Gasteiger partial charge in [-0.05, 0) is 25.0 Å². The molecule has 0 saturated heterocycles. The van der Waals surface area contributed by atoms with E-state index in [1.165, 1.54) is 0 Å². The molecule has 2 amide bonds. The van der Waals surface area contributed by atoms with Gasteiger partial charge in [0, 0.05) is 32.0 Å². The molecule has 19 heavy (non-hydrogen) atoms. The second-order valence-electron chi connectivity index (χ2n) is 4.10. The number of nitrogens with one attached hydrogen (secondary N) is 2. The van der Waals surface area contributed by atoms with Gasteiger partial charge in [-0.1, -0.05) is 13.0 Å². The van der Waals surface area contributed by atoms with Crippen LogP contribution in [0.1, 0.15) is 19.8 Å². The van der Waals surface area contributed by atoms with Crippen molar-refractivity contribution in [2.45, 2.75) is 19.8 Å². The molecule has 106 valence electrons. The quantitative estimate of drug-likeness (QED) is 0.711. The summed E-state index contributed by atoms with van der Waals surface area (Å²) >= 11 is 0. The van der Waals surface area contributed by atoms with E-state index in [-0.39, 0.29) is 6.03 Å². The summed E-state index contributed by atoms with van der Waals surface area (Å²) in [5, 5.41) is 5.52. The maximum absolute atomic E-state index is 11.6. The molecular formula is C14H22N2O3. The van der Waals surface area contributed by atoms with Crippen molar-refractivity contribution in [3.8, 4) is 5.75 Å². The van der Waals surface area contributed by atoms with Crippen molar-refractivity contribution in [3.05, 3.63) is 24.3 Å². The summed E-state index contributed by atoms with van der Waals surface area (Å²) in [7, 11) is 1.64. The molecule has 5 nitrogen and oxygen atoms in total. The zero-order valence-electron chi connectivity index (χ0n) is 11.6. The summed E-state index contributed by atoms with van der Waals surface area (Å²) < 4.78 is 10.4. The summed E-state index contributed by atoms with van der Waals surface area (Å²) in [5.41, 5.74) is 0.720. The van der Waals surface area contributed by atoms with Crippen molar-refractivity contribution in [2.75, 3.05) is 32.2 Å². The van der Waals surface area contributed by atoms with E-state index in [2.05, 4.69) is 17.6 Å². The van der Waals surface area contributed by atoms with Crippen LogP contribution in [0.25, 0.3) is 0 Å². The van der Waals surface area contributed by atoms with Crippen LogP contribution >= 0.6 is 0 Å². The van der Waals surface area contributed by atoms with E-state index < -0.39 is 0 Å². The Kier molecular flexibility index (Phi) is 7.43. The fourth-order valence-electron chi connectivity index (χ4n) is 1.48. The Morgan fingerprint density at radius 2 is 2.16 bits per heavy atom. The average Bonchev–Trinajstić information content (AvgIpc) is 2.42. The lowest BCUT2D eigenvalue weighted by Gasteiger charge is -2.09. The standard InChI is InChI=1S/C14H22N2O3/c1-3-9-19-13-7-4-6-12(11-13)16-14(17)15-8-5-10-18-2/h4,6-7,11H,3,5,8-10H2,1-2H3,(H2,15,16,17). The second-order valence-corrected chi connectivity index (χ2v) is 4.10. The Labute approximate surface area is 114 Å². The van der Waals surface area contributed by atoms with Gasteiger partial charge in [0.2, 0.25) is 0 Å². The molecule has 0 heterocycles. The Morgan fingerprint density at radius 1 is 1.32 bits per heavy atom. The highest BCUT2D eigenvalue weighted by atomic mass is 16.5. The molecule has 0 saturated carbocycles. The van der Waals surface area contributed by atoms with Crippen LogP contribution < -0.4 is 15.4 Å². The number of urea groups is 1. The van der Waals surface area contributed by atoms with Crippen LogP contribution in [0, 0.1) is 0 Å². The van der Waals surface area contributed by atoms with E-state index in [1.807, 2.05) is 24.3 Å². The van der Waals surface area contributed by atoms with Gasteiger partial charge in [-0.25, -0.2) is 4.79 Å². The molecule has 2 N–H and O–H groups in total. The fraction of sp³-hybridized carbons (Fsp3) is 0.500. The van der Waals surface area contributed by atoms with Gasteiger partial charge in [0.1, 0.15) is 5.75 Å². The predicted octanol–water partition coefficient (Wildman–Crippen LogP) is 2.63. The highest BCUT2D eigenvalue weighted by Gasteiger charge is 2.02. The molecule has 1 aromatic carbocycles. The van der Waals surface area contributed by atoms with Gasteiger partial charge < -0.3 is 20.1 Å². The summed E-state index contributed by atoms with van der Waals surface area (Å²) in [5.74, 6) is 0.763. The maximum atomic E-state index is 11.6. The highest BCUT2D eigenvalue weighted by Crippen LogP contribution is 2.17. The molecule has 5 heteroatoms. The third-order valence-electron chi connectivity index (χ3n) is 2.38. The normalized spacial score (nSPS) is 10.0. The van der Waals surface area contributed by atoms with Crippen LogP contribution in [-0.2, 0) is 4.74 Å². The van der Waals surface area contributed by atoms with Gasteiger partial charge in [0.15, 0.2) is 0 Å². The van der Waals surface area contributed by atoms with Crippen LogP contribution in [0.2, 0.25) is 0 Å². The number of anilines is 1. The van der Waals surface area contributed by atoms with Crippen molar-refractivity contribution in [2.24, 2.45) is 0 Å². The number of amides is 2. The summed E-state index contributed by atoms with van der Waals surface area (Å²) in [6, 6.07) is 7.14. The molecule has 0 fully saturated rings. The number of carbonyl (C=O) groups excluding carboxylic acids is 1. The van der Waals surface area contributed by atoms with Crippen molar-refractivity contribution in [3.63, 3.8) is 0 Å². The van der Waals surface area contributed by atoms with Gasteiger partial charge in [0.25, 0.3) is 0 Å². The zero-order chi connectivity index (χ0) is 13.9. The molecule has 1 aromatic rings. The number of hydrogen-bond donors (Lipinski definition) is 2. The first-order valence-electron chi connectivity index (χ1n) is 6.53. The second kappa shape index (κ2) is 9.22. The van der Waals surface area contributed by atoms with Crippen molar-refractivity contribution in [1.82, 2.24) is 5.32 Å². The van der Waals surface area contributed by atoms with E-state index >= 15 is 0 Å². The largest absolute Gasteiger partial charge is 0.494 e. The number of ether oxygens (including phenoxy) is 2. The van der Waals surface area contributed by atoms with E-state index in [4.69, 9.17) is 9.47 Å². The number of benzene rings is 1. The molecule has 0 spiro atoms. The predicted molar refractivity (Wildman–Crippen MR) is 75.7 cm³/mol. The minimum absolute atomic E-state index is 0.219. The van der Waals surface area contributed by atoms with Gasteiger partial charge in [-0.2, -0.15) is 0 Å². The van der Waals surface area contributed by atoms with Gasteiger partial charge in [-0.3, -0.25) is 0 Å². The zero-order valence-corrected chi connectivity index (χ0v) is 11.6. The van der Waals surface area contributed by atoms with Crippen LogP contribution in [0.5, 0.6) is 5.75 Å². The SMILES string of the molecule is CCCOc1cccc(NC(=O)NCCCOC)c1. The summed E-state index contributed by atoms with van der Waals surface area (Å²) in [6.07, 6.45) is 1.75. The number of rotatable bonds is 8. The van der Waals surface area contributed by atoms with Crippen LogP contribution in [0.3, 0.4) is 0 Å². The van der Waals surface area contributed by atoms with Crippen molar-refractivity contribution >= 4 is 11.7 Å². The molecule has 0 radical (unpaired) electrons. The lowest BCUT2D eigenvalue weighted by molar-refractivity contribution is 0.194. The lowest BCUT2D eigenvalue weighted by atomic mass is 10.3. The number of carbonyl (C=O) groups is 1. The third-order valence-corrected chi connectivity index (χ3v) is 2.38. The number of hydrogen-bond acceptors (Lipinski definition) is 3. The van der Waals surface area contributed by atoms with Gasteiger partial charge in [0.05, 0.1) is 6.61 Å². The molecular weight excluding hydrogens is 244 g/mol. The van der Waals surface area contributed by atoms with Crippen molar-refractivity contribution < 1.29 is 14.3 Å². The van der Waals surface area contributed by atoms with E-state index in [9.17, 15) is 4.79 Å². The molecule has 0 bridgehead atoms. The van der Waals surface area contributed by atoms with Crippen LogP contribution in [-0.4, -0.2) is 32.9 Å². The lowest BCUT2D eigenvalue weighted by Crippen LogP contribution is -2.30. The molecule has 0 aliphatic heterocycles. The molecule has 0 atom stereocenters. The molecule has 0 aliphatic carbocycles. The first kappa shape index (κ1) is 15.3. The third kappa shape index (κ3) is 6.67. The fourth-order valence-corrected chi connectivity index (χ4v) is 1.48. The van der Waals surface area contributed by atoms with E-state index in [1.54, 1.807) is 7.11 Å². The maximum Gasteiger partial charge on any atom is 0.319 e. The van der Waals surface area contributed by atoms with Crippen LogP contribution in [0.15, 0.2) is 24.3 Å². The van der Waals surface area contributed by atoms with E-state index in [0.29, 0.717) is 19.8 Å². The molecule has 0 aliphatic rings. The number of methoxy groups -OCH3 is 1. The minimum Gasteiger partial charge on any atom is -0.494 e. The Morgan fingerprint density at radius 3 is 2.89 bits per heavy atom. The van der Waals surface area contributed by atoms with E-state index in [0.717, 1.165) is 24.3 Å². The smallest absolute Gasteiger partial charge is 0.319 e. The van der Waals surface area contributed by atoms with Crippen molar-refractivity contribution in [1.29, 1.82) is 0 Å². The molecule has 0 aromatic heterocycles. The molecule has 0 unspecified atom stereocenters. The average molecular weight is 266 g/mol. The first-order valence-corrected chi connectivity index (χ1v) is 6.53. The summed E-state index contributed by atoms with van der Waals surface area (Å²) in [6.45, 7) is 3.95. The minimum atomic E-state index is -0.219. The van der Waals surface area contributed by atoms with Gasteiger partial charge >= 0.3 is 6.03 Å². The Balaban J connectivity index is 2.36. The topological polar surface area (TPSA) is 59.6 Å². The summed E-state index contributed by atoms with van der Waals surface area (Å²) in [4.78, 5) is 11.6. The molecule has 1 rings (SSSR count). The Hall–Kier alpha value is -1.75. The highest BCUT2D eigenvalue weighted by molar-refractivity contribution is 5.89. The first-order chi connectivity index (χ1) is 9.26.